The van der Waals surface area contributed by atoms with Crippen LogP contribution < -0.4 is 0 Å². The van der Waals surface area contributed by atoms with Crippen molar-refractivity contribution in [3.05, 3.63) is 36.5 Å². The van der Waals surface area contributed by atoms with Crippen LogP contribution in [0.1, 0.15) is 96.8 Å². The van der Waals surface area contributed by atoms with Crippen LogP contribution in [0.3, 0.4) is 0 Å². The van der Waals surface area contributed by atoms with Crippen molar-refractivity contribution in [1.82, 2.24) is 0 Å². The lowest BCUT2D eigenvalue weighted by Crippen LogP contribution is -2.22. The van der Waals surface area contributed by atoms with Crippen molar-refractivity contribution in [2.45, 2.75) is 96.8 Å². The maximum Gasteiger partial charge on any atom is 0.0912 e. The third-order valence-corrected chi connectivity index (χ3v) is 7.05. The van der Waals surface area contributed by atoms with Gasteiger partial charge in [0, 0.05) is 6.08 Å². The van der Waals surface area contributed by atoms with E-state index in [4.69, 9.17) is 5.26 Å². The van der Waals surface area contributed by atoms with E-state index in [9.17, 15) is 0 Å². The minimum atomic E-state index is 0.695. The van der Waals surface area contributed by atoms with Gasteiger partial charge in [-0.25, -0.2) is 0 Å². The van der Waals surface area contributed by atoms with Crippen molar-refractivity contribution in [2.75, 3.05) is 0 Å². The Bertz CT molecular complexity index is 505. The molecule has 0 atom stereocenters. The van der Waals surface area contributed by atoms with E-state index in [-0.39, 0.29) is 0 Å². The first-order valence-corrected chi connectivity index (χ1v) is 11.7. The summed E-state index contributed by atoms with van der Waals surface area (Å²) in [5.41, 5.74) is 1.59. The van der Waals surface area contributed by atoms with Crippen molar-refractivity contribution in [3.63, 3.8) is 0 Å². The van der Waals surface area contributed by atoms with Crippen molar-refractivity contribution >= 4 is 0 Å². The molecule has 0 unspecified atom stereocenters. The van der Waals surface area contributed by atoms with Gasteiger partial charge in [0.05, 0.1) is 6.07 Å². The molecule has 0 N–H and O–H groups in total. The zero-order valence-corrected chi connectivity index (χ0v) is 17.7. The molecule has 1 nitrogen and oxygen atoms in total. The first kappa shape index (κ1) is 22.0. The molecule has 0 amide bonds. The molecule has 1 heteroatoms. The van der Waals surface area contributed by atoms with Crippen LogP contribution >= 0.6 is 0 Å². The van der Waals surface area contributed by atoms with Gasteiger partial charge < -0.3 is 0 Å². The molecule has 0 aromatic carbocycles. The number of allylic oxidation sites excluding steroid dienone is 5. The summed E-state index contributed by atoms with van der Waals surface area (Å²) in [6, 6.07) is 2.04. The maximum absolute atomic E-state index is 8.53. The van der Waals surface area contributed by atoms with Gasteiger partial charge in [0.1, 0.15) is 0 Å². The third-order valence-electron chi connectivity index (χ3n) is 7.05. The Morgan fingerprint density at radius 2 is 1.52 bits per heavy atom. The van der Waals surface area contributed by atoms with E-state index in [0.29, 0.717) is 5.92 Å². The van der Waals surface area contributed by atoms with Gasteiger partial charge >= 0.3 is 0 Å². The summed E-state index contributed by atoms with van der Waals surface area (Å²) >= 11 is 0. The van der Waals surface area contributed by atoms with Crippen LogP contribution in [0.5, 0.6) is 0 Å². The minimum absolute atomic E-state index is 0.695. The van der Waals surface area contributed by atoms with Gasteiger partial charge in [-0.2, -0.15) is 5.26 Å². The van der Waals surface area contributed by atoms with E-state index < -0.39 is 0 Å². The highest BCUT2D eigenvalue weighted by molar-refractivity contribution is 5.13. The SMILES string of the molecule is C=C(C1CCC(C=CC=CC#N)CC1)C1CCC(CCCCCCC)CC1. The van der Waals surface area contributed by atoms with Gasteiger partial charge in [-0.15, -0.1) is 0 Å². The van der Waals surface area contributed by atoms with Crippen LogP contribution in [-0.4, -0.2) is 0 Å². The van der Waals surface area contributed by atoms with Gasteiger partial charge in [-0.1, -0.05) is 75.8 Å². The zero-order valence-electron chi connectivity index (χ0n) is 17.7. The smallest absolute Gasteiger partial charge is 0.0912 e. The quantitative estimate of drug-likeness (QED) is 0.165. The molecule has 0 heterocycles. The fourth-order valence-corrected chi connectivity index (χ4v) is 5.19. The Labute approximate surface area is 168 Å². The Morgan fingerprint density at radius 3 is 2.15 bits per heavy atom. The first-order valence-electron chi connectivity index (χ1n) is 11.7. The highest BCUT2D eigenvalue weighted by Gasteiger charge is 2.28. The second kappa shape index (κ2) is 13.0. The molecule has 2 aliphatic rings. The fraction of sp³-hybridized carbons (Fsp3) is 0.731. The topological polar surface area (TPSA) is 23.8 Å². The average molecular weight is 368 g/mol. The van der Waals surface area contributed by atoms with E-state index in [2.05, 4.69) is 19.6 Å². The predicted octanol–water partition coefficient (Wildman–Crippen LogP) is 8.15. The molecule has 0 radical (unpaired) electrons. The first-order chi connectivity index (χ1) is 13.2. The molecule has 2 saturated carbocycles. The lowest BCUT2D eigenvalue weighted by atomic mass is 9.70. The Balaban J connectivity index is 1.63. The van der Waals surface area contributed by atoms with Crippen LogP contribution in [0.2, 0.25) is 0 Å². The van der Waals surface area contributed by atoms with Gasteiger partial charge in [-0.3, -0.25) is 0 Å². The average Bonchev–Trinajstić information content (AvgIpc) is 2.71. The molecule has 0 aromatic heterocycles. The van der Waals surface area contributed by atoms with E-state index in [1.54, 1.807) is 11.6 Å². The highest BCUT2D eigenvalue weighted by Crippen LogP contribution is 2.42. The highest BCUT2D eigenvalue weighted by atomic mass is 14.3. The van der Waals surface area contributed by atoms with Crippen LogP contribution in [0.4, 0.5) is 0 Å². The minimum Gasteiger partial charge on any atom is -0.193 e. The second-order valence-corrected chi connectivity index (χ2v) is 8.98. The van der Waals surface area contributed by atoms with Crippen LogP contribution in [-0.2, 0) is 0 Å². The summed E-state index contributed by atoms with van der Waals surface area (Å²) in [5, 5.41) is 8.53. The standard InChI is InChI=1S/C26H41N/c1-3-4-5-6-8-11-23-13-17-25(18-14-23)22(2)26-19-15-24(16-20-26)12-9-7-10-21-27/h7,9-10,12,23-26H,2-6,8,11,13-20H2,1H3. The number of unbranched alkanes of at least 4 members (excludes halogenated alkanes) is 4. The number of rotatable bonds is 10. The maximum atomic E-state index is 8.53. The third kappa shape index (κ3) is 8.08. The van der Waals surface area contributed by atoms with Crippen molar-refractivity contribution in [1.29, 1.82) is 5.26 Å². The molecule has 0 spiro atoms. The van der Waals surface area contributed by atoms with Crippen LogP contribution in [0, 0.1) is 35.0 Å². The molecule has 27 heavy (non-hydrogen) atoms. The largest absolute Gasteiger partial charge is 0.193 e. The summed E-state index contributed by atoms with van der Waals surface area (Å²) in [4.78, 5) is 0. The Kier molecular flexibility index (Phi) is 10.6. The summed E-state index contributed by atoms with van der Waals surface area (Å²) in [7, 11) is 0. The second-order valence-electron chi connectivity index (χ2n) is 8.98. The summed E-state index contributed by atoms with van der Waals surface area (Å²) < 4.78 is 0. The van der Waals surface area contributed by atoms with E-state index >= 15 is 0 Å². The zero-order chi connectivity index (χ0) is 19.3. The molecule has 2 aliphatic carbocycles. The number of hydrogen-bond acceptors (Lipinski definition) is 1. The molecule has 0 aliphatic heterocycles. The molecule has 2 rings (SSSR count). The fourth-order valence-electron chi connectivity index (χ4n) is 5.19. The van der Waals surface area contributed by atoms with E-state index in [1.165, 1.54) is 89.9 Å². The Morgan fingerprint density at radius 1 is 0.889 bits per heavy atom. The van der Waals surface area contributed by atoms with Crippen molar-refractivity contribution < 1.29 is 0 Å². The molecule has 2 fully saturated rings. The predicted molar refractivity (Wildman–Crippen MR) is 117 cm³/mol. The van der Waals surface area contributed by atoms with E-state index in [0.717, 1.165) is 17.8 Å². The number of hydrogen-bond donors (Lipinski definition) is 0. The molecular formula is C26H41N. The summed E-state index contributed by atoms with van der Waals surface area (Å²) in [6.45, 7) is 6.87. The lowest BCUT2D eigenvalue weighted by molar-refractivity contribution is 0.252. The number of nitrogens with zero attached hydrogens (tertiary/aromatic N) is 1. The van der Waals surface area contributed by atoms with Gasteiger partial charge in [0.15, 0.2) is 0 Å². The number of nitriles is 1. The summed E-state index contributed by atoms with van der Waals surface area (Å²) in [5.74, 6) is 3.26. The molecule has 0 saturated heterocycles. The summed E-state index contributed by atoms with van der Waals surface area (Å²) in [6.07, 6.45) is 27.2. The van der Waals surface area contributed by atoms with Gasteiger partial charge in [0.2, 0.25) is 0 Å². The molecular weight excluding hydrogens is 326 g/mol. The van der Waals surface area contributed by atoms with Crippen LogP contribution in [0.15, 0.2) is 36.5 Å². The molecule has 150 valence electrons. The molecule has 0 aromatic rings. The normalized spacial score (nSPS) is 29.2. The van der Waals surface area contributed by atoms with E-state index in [1.807, 2.05) is 18.2 Å². The van der Waals surface area contributed by atoms with Crippen LogP contribution in [0.25, 0.3) is 0 Å². The van der Waals surface area contributed by atoms with Gasteiger partial charge in [0.25, 0.3) is 0 Å². The van der Waals surface area contributed by atoms with Crippen molar-refractivity contribution in [2.24, 2.45) is 23.7 Å². The Hall–Kier alpha value is -1.29. The monoisotopic (exact) mass is 367 g/mol. The lowest BCUT2D eigenvalue weighted by Gasteiger charge is -2.35. The molecule has 0 bridgehead atoms. The van der Waals surface area contributed by atoms with Crippen molar-refractivity contribution in [3.8, 4) is 6.07 Å². The van der Waals surface area contributed by atoms with Gasteiger partial charge in [-0.05, 0) is 75.0 Å².